The van der Waals surface area contributed by atoms with Crippen LogP contribution in [0.25, 0.3) is 0 Å². The van der Waals surface area contributed by atoms with E-state index in [2.05, 4.69) is 5.32 Å². The van der Waals surface area contributed by atoms with Crippen LogP contribution in [0.1, 0.15) is 31.2 Å². The van der Waals surface area contributed by atoms with Gasteiger partial charge in [0, 0.05) is 29.8 Å². The van der Waals surface area contributed by atoms with E-state index >= 15 is 0 Å². The van der Waals surface area contributed by atoms with Gasteiger partial charge in [0.1, 0.15) is 5.54 Å². The second-order valence-electron chi connectivity index (χ2n) is 6.55. The number of benzene rings is 1. The molecular formula is C17H20ClN3O2. The van der Waals surface area contributed by atoms with E-state index < -0.39 is 5.54 Å². The van der Waals surface area contributed by atoms with Crippen LogP contribution in [0.15, 0.2) is 24.3 Å². The largest absolute Gasteiger partial charge is 0.381 e. The molecule has 1 atom stereocenters. The number of amides is 1. The molecular weight excluding hydrogens is 314 g/mol. The van der Waals surface area contributed by atoms with Gasteiger partial charge in [0.05, 0.1) is 0 Å². The van der Waals surface area contributed by atoms with Gasteiger partial charge in [-0.2, -0.15) is 0 Å². The minimum atomic E-state index is -0.867. The Balaban J connectivity index is 1.75. The summed E-state index contributed by atoms with van der Waals surface area (Å²) < 4.78 is 5.40. The molecule has 0 bridgehead atoms. The molecule has 2 N–H and O–H groups in total. The lowest BCUT2D eigenvalue weighted by Crippen LogP contribution is -2.48. The van der Waals surface area contributed by atoms with Crippen molar-refractivity contribution in [3.8, 4) is 0 Å². The summed E-state index contributed by atoms with van der Waals surface area (Å²) in [6, 6.07) is 7.54. The number of hydrogen-bond acceptors (Lipinski definition) is 3. The first-order chi connectivity index (χ1) is 11.1. The maximum Gasteiger partial charge on any atom is 0.260 e. The Morgan fingerprint density at radius 2 is 1.91 bits per heavy atom. The van der Waals surface area contributed by atoms with Crippen molar-refractivity contribution in [2.45, 2.75) is 37.3 Å². The number of nitrogens with zero attached hydrogens (tertiary/aromatic N) is 1. The highest BCUT2D eigenvalue weighted by atomic mass is 35.5. The molecule has 4 rings (SSSR count). The molecule has 1 aromatic rings. The summed E-state index contributed by atoms with van der Waals surface area (Å²) in [5.41, 5.74) is -0.0678. The number of rotatable bonds is 3. The average Bonchev–Trinajstić information content (AvgIpc) is 3.36. The van der Waals surface area contributed by atoms with Gasteiger partial charge < -0.3 is 10.1 Å². The highest BCUT2D eigenvalue weighted by Crippen LogP contribution is 2.51. The molecule has 2 aliphatic heterocycles. The number of hydrogen-bond donors (Lipinski definition) is 2. The molecule has 0 aromatic heterocycles. The predicted octanol–water partition coefficient (Wildman–Crippen LogP) is 2.49. The third-order valence-corrected chi connectivity index (χ3v) is 5.49. The van der Waals surface area contributed by atoms with E-state index in [-0.39, 0.29) is 23.8 Å². The third kappa shape index (κ3) is 2.25. The lowest BCUT2D eigenvalue weighted by atomic mass is 9.84. The molecule has 5 nitrogen and oxygen atoms in total. The number of halogens is 1. The summed E-state index contributed by atoms with van der Waals surface area (Å²) in [5, 5.41) is 12.2. The summed E-state index contributed by atoms with van der Waals surface area (Å²) >= 11 is 6.41. The first kappa shape index (κ1) is 15.0. The summed E-state index contributed by atoms with van der Waals surface area (Å²) in [6.07, 6.45) is 3.52. The summed E-state index contributed by atoms with van der Waals surface area (Å²) in [5.74, 6) is 0.388. The molecule has 2 saturated heterocycles. The summed E-state index contributed by atoms with van der Waals surface area (Å²) in [7, 11) is 0. The van der Waals surface area contributed by atoms with Crippen molar-refractivity contribution in [2.75, 3.05) is 13.2 Å². The van der Waals surface area contributed by atoms with Crippen LogP contribution < -0.4 is 5.32 Å². The Morgan fingerprint density at radius 3 is 2.57 bits per heavy atom. The molecule has 122 valence electrons. The molecule has 23 heavy (non-hydrogen) atoms. The fourth-order valence-electron chi connectivity index (χ4n) is 3.86. The first-order valence-electron chi connectivity index (χ1n) is 8.17. The van der Waals surface area contributed by atoms with E-state index in [1.165, 1.54) is 0 Å². The fourth-order valence-corrected chi connectivity index (χ4v) is 4.15. The molecule has 6 heteroatoms. The van der Waals surface area contributed by atoms with Gasteiger partial charge in [-0.05, 0) is 37.7 Å². The van der Waals surface area contributed by atoms with E-state index in [1.807, 2.05) is 24.3 Å². The van der Waals surface area contributed by atoms with E-state index in [0.29, 0.717) is 18.2 Å². The predicted molar refractivity (Wildman–Crippen MR) is 87.4 cm³/mol. The Labute approximate surface area is 140 Å². The molecule has 2 heterocycles. The van der Waals surface area contributed by atoms with Crippen LogP contribution in [0.2, 0.25) is 5.02 Å². The Morgan fingerprint density at radius 1 is 1.22 bits per heavy atom. The van der Waals surface area contributed by atoms with Gasteiger partial charge in [-0.1, -0.05) is 29.8 Å². The quantitative estimate of drug-likeness (QED) is 0.893. The van der Waals surface area contributed by atoms with Crippen molar-refractivity contribution in [2.24, 2.45) is 5.92 Å². The van der Waals surface area contributed by atoms with Gasteiger partial charge >= 0.3 is 0 Å². The number of carbonyl (C=O) groups is 1. The minimum Gasteiger partial charge on any atom is -0.381 e. The maximum absolute atomic E-state index is 13.4. The zero-order chi connectivity index (χ0) is 16.0. The number of carbonyl (C=O) groups excluding carboxylic acids is 1. The molecule has 0 radical (unpaired) electrons. The topological polar surface area (TPSA) is 65.4 Å². The van der Waals surface area contributed by atoms with Crippen molar-refractivity contribution >= 4 is 23.5 Å². The third-order valence-electron chi connectivity index (χ3n) is 5.16. The molecule has 3 fully saturated rings. The molecule has 1 saturated carbocycles. The maximum atomic E-state index is 13.4. The van der Waals surface area contributed by atoms with Gasteiger partial charge in [-0.25, -0.2) is 0 Å². The normalized spacial score (nSPS) is 29.0. The van der Waals surface area contributed by atoms with Gasteiger partial charge in [0.2, 0.25) is 0 Å². The zero-order valence-corrected chi connectivity index (χ0v) is 13.6. The van der Waals surface area contributed by atoms with E-state index in [4.69, 9.17) is 21.7 Å². The zero-order valence-electron chi connectivity index (χ0n) is 12.8. The van der Waals surface area contributed by atoms with E-state index in [1.54, 1.807) is 4.90 Å². The van der Waals surface area contributed by atoms with Gasteiger partial charge in [-0.3, -0.25) is 15.1 Å². The Hall–Kier alpha value is -1.59. The van der Waals surface area contributed by atoms with Crippen LogP contribution in [0.4, 0.5) is 0 Å². The Bertz CT molecular complexity index is 655. The van der Waals surface area contributed by atoms with Crippen molar-refractivity contribution in [3.05, 3.63) is 34.9 Å². The number of ether oxygens (including phenoxy) is 1. The number of guanidine groups is 1. The van der Waals surface area contributed by atoms with Gasteiger partial charge in [0.15, 0.2) is 5.96 Å². The second-order valence-corrected chi connectivity index (χ2v) is 6.96. The minimum absolute atomic E-state index is 0.0231. The lowest BCUT2D eigenvalue weighted by Gasteiger charge is -2.32. The average molecular weight is 334 g/mol. The van der Waals surface area contributed by atoms with E-state index in [0.717, 1.165) is 31.2 Å². The van der Waals surface area contributed by atoms with Crippen molar-refractivity contribution in [1.29, 1.82) is 5.41 Å². The highest BCUT2D eigenvalue weighted by Gasteiger charge is 2.60. The van der Waals surface area contributed by atoms with Crippen LogP contribution in [-0.2, 0) is 15.1 Å². The molecule has 0 spiro atoms. The molecule has 1 amide bonds. The van der Waals surface area contributed by atoms with Crippen molar-refractivity contribution < 1.29 is 9.53 Å². The van der Waals surface area contributed by atoms with Crippen molar-refractivity contribution in [3.63, 3.8) is 0 Å². The highest BCUT2D eigenvalue weighted by molar-refractivity contribution is 6.32. The van der Waals surface area contributed by atoms with E-state index in [9.17, 15) is 4.79 Å². The SMILES string of the molecule is N=C1NC(c2ccccc2Cl)(C2CC2)C(=O)N1C1CCOCC1. The molecule has 1 aliphatic carbocycles. The fraction of sp³-hybridized carbons (Fsp3) is 0.529. The van der Waals surface area contributed by atoms with Gasteiger partial charge in [0.25, 0.3) is 5.91 Å². The second kappa shape index (κ2) is 5.49. The Kier molecular flexibility index (Phi) is 3.58. The standard InChI is InChI=1S/C17H20ClN3O2/c18-14-4-2-1-3-13(14)17(11-5-6-11)15(22)21(16(19)20-17)12-7-9-23-10-8-12/h1-4,11-12H,5-10H2,(H2,19,20). The monoisotopic (exact) mass is 333 g/mol. The van der Waals surface area contributed by atoms with Gasteiger partial charge in [-0.15, -0.1) is 0 Å². The molecule has 1 unspecified atom stereocenters. The van der Waals surface area contributed by atoms with Crippen LogP contribution in [0, 0.1) is 11.3 Å². The van der Waals surface area contributed by atoms with Crippen LogP contribution in [0.3, 0.4) is 0 Å². The number of nitrogens with one attached hydrogen (secondary N) is 2. The molecule has 3 aliphatic rings. The van der Waals surface area contributed by atoms with Crippen LogP contribution in [0.5, 0.6) is 0 Å². The molecule has 1 aromatic carbocycles. The smallest absolute Gasteiger partial charge is 0.260 e. The van der Waals surface area contributed by atoms with Crippen molar-refractivity contribution in [1.82, 2.24) is 10.2 Å². The summed E-state index contributed by atoms with van der Waals surface area (Å²) in [4.78, 5) is 15.0. The van der Waals surface area contributed by atoms with Crippen LogP contribution >= 0.6 is 11.6 Å². The van der Waals surface area contributed by atoms with Crippen LogP contribution in [-0.4, -0.2) is 36.0 Å². The first-order valence-corrected chi connectivity index (χ1v) is 8.55. The summed E-state index contributed by atoms with van der Waals surface area (Å²) in [6.45, 7) is 1.29. The lowest BCUT2D eigenvalue weighted by molar-refractivity contribution is -0.135.